The Balaban J connectivity index is 1.39. The van der Waals surface area contributed by atoms with Crippen LogP contribution in [0.5, 0.6) is 0 Å². The molecule has 0 unspecified atom stereocenters. The number of fused-ring (bicyclic) bond motifs is 1. The van der Waals surface area contributed by atoms with Gasteiger partial charge in [0.25, 0.3) is 5.91 Å². The van der Waals surface area contributed by atoms with Gasteiger partial charge in [-0.1, -0.05) is 0 Å². The van der Waals surface area contributed by atoms with Crippen LogP contribution in [0.25, 0.3) is 10.8 Å². The van der Waals surface area contributed by atoms with E-state index in [0.717, 1.165) is 30.2 Å². The van der Waals surface area contributed by atoms with E-state index in [2.05, 4.69) is 24.8 Å². The highest BCUT2D eigenvalue weighted by Crippen LogP contribution is 2.29. The Bertz CT molecular complexity index is 819. The van der Waals surface area contributed by atoms with Crippen molar-refractivity contribution in [3.05, 3.63) is 55.1 Å². The van der Waals surface area contributed by atoms with Crippen molar-refractivity contribution in [1.29, 1.82) is 0 Å². The number of carbonyl (C=O) groups excluding carboxylic acids is 1. The van der Waals surface area contributed by atoms with Gasteiger partial charge in [0, 0.05) is 60.5 Å². The standard InChI is InChI=1S/C17H17N5O/c23-17(16-9-20-8-13-7-18-2-1-15(13)16)21-14-5-12(6-14)10-22-4-3-19-11-22/h1-4,7-9,11-12,14H,5-6,10H2,(H,21,23). The smallest absolute Gasteiger partial charge is 0.253 e. The number of aromatic nitrogens is 4. The fraction of sp³-hybridized carbons (Fsp3) is 0.294. The first-order valence-corrected chi connectivity index (χ1v) is 7.74. The Morgan fingerprint density at radius 2 is 2.04 bits per heavy atom. The lowest BCUT2D eigenvalue weighted by Crippen LogP contribution is -2.45. The van der Waals surface area contributed by atoms with E-state index < -0.39 is 0 Å². The number of imidazole rings is 1. The van der Waals surface area contributed by atoms with Gasteiger partial charge in [-0.15, -0.1) is 0 Å². The Labute approximate surface area is 133 Å². The average Bonchev–Trinajstić information content (AvgIpc) is 3.05. The third-order valence-corrected chi connectivity index (χ3v) is 4.40. The minimum atomic E-state index is -0.0552. The molecule has 0 spiro atoms. The van der Waals surface area contributed by atoms with E-state index in [-0.39, 0.29) is 11.9 Å². The quantitative estimate of drug-likeness (QED) is 0.800. The van der Waals surface area contributed by atoms with Gasteiger partial charge < -0.3 is 9.88 Å². The van der Waals surface area contributed by atoms with E-state index in [0.29, 0.717) is 11.5 Å². The summed E-state index contributed by atoms with van der Waals surface area (Å²) in [5, 5.41) is 4.88. The van der Waals surface area contributed by atoms with Crippen molar-refractivity contribution in [3.8, 4) is 0 Å². The molecule has 0 aliphatic heterocycles. The van der Waals surface area contributed by atoms with E-state index in [1.54, 1.807) is 31.0 Å². The molecule has 3 aromatic rings. The normalized spacial score (nSPS) is 20.2. The van der Waals surface area contributed by atoms with E-state index in [1.807, 2.05) is 18.6 Å². The Morgan fingerprint density at radius 3 is 2.87 bits per heavy atom. The maximum atomic E-state index is 12.5. The molecule has 6 heteroatoms. The van der Waals surface area contributed by atoms with Gasteiger partial charge in [0.2, 0.25) is 0 Å². The van der Waals surface area contributed by atoms with Gasteiger partial charge in [-0.25, -0.2) is 4.98 Å². The number of pyridine rings is 2. The first-order chi connectivity index (χ1) is 11.3. The van der Waals surface area contributed by atoms with Gasteiger partial charge in [-0.3, -0.25) is 14.8 Å². The van der Waals surface area contributed by atoms with Crippen LogP contribution in [0.1, 0.15) is 23.2 Å². The monoisotopic (exact) mass is 307 g/mol. The highest BCUT2D eigenvalue weighted by atomic mass is 16.1. The maximum Gasteiger partial charge on any atom is 0.253 e. The van der Waals surface area contributed by atoms with Gasteiger partial charge in [-0.05, 0) is 24.8 Å². The largest absolute Gasteiger partial charge is 0.349 e. The van der Waals surface area contributed by atoms with Crippen LogP contribution >= 0.6 is 0 Å². The number of rotatable bonds is 4. The number of nitrogens with one attached hydrogen (secondary N) is 1. The summed E-state index contributed by atoms with van der Waals surface area (Å²) in [7, 11) is 0. The molecule has 1 aliphatic rings. The molecule has 1 amide bonds. The lowest BCUT2D eigenvalue weighted by molar-refractivity contribution is 0.0883. The molecule has 0 atom stereocenters. The summed E-state index contributed by atoms with van der Waals surface area (Å²) in [6.07, 6.45) is 14.4. The molecule has 0 aromatic carbocycles. The minimum Gasteiger partial charge on any atom is -0.349 e. The summed E-state index contributed by atoms with van der Waals surface area (Å²) in [5.74, 6) is 0.546. The molecule has 6 nitrogen and oxygen atoms in total. The summed E-state index contributed by atoms with van der Waals surface area (Å²) < 4.78 is 2.09. The minimum absolute atomic E-state index is 0.0552. The van der Waals surface area contributed by atoms with Crippen LogP contribution in [0.4, 0.5) is 0 Å². The van der Waals surface area contributed by atoms with Crippen molar-refractivity contribution in [3.63, 3.8) is 0 Å². The van der Waals surface area contributed by atoms with E-state index in [1.165, 1.54) is 0 Å². The molecule has 116 valence electrons. The fourth-order valence-corrected chi connectivity index (χ4v) is 3.16. The summed E-state index contributed by atoms with van der Waals surface area (Å²) in [5.41, 5.74) is 0.614. The van der Waals surface area contributed by atoms with Crippen LogP contribution in [0, 0.1) is 5.92 Å². The second-order valence-electron chi connectivity index (χ2n) is 6.05. The van der Waals surface area contributed by atoms with Crippen molar-refractivity contribution in [2.24, 2.45) is 5.92 Å². The number of nitrogens with zero attached hydrogens (tertiary/aromatic N) is 4. The van der Waals surface area contributed by atoms with Crippen molar-refractivity contribution >= 4 is 16.7 Å². The van der Waals surface area contributed by atoms with Gasteiger partial charge >= 0.3 is 0 Å². The molecule has 0 bridgehead atoms. The van der Waals surface area contributed by atoms with Crippen molar-refractivity contribution in [1.82, 2.24) is 24.8 Å². The van der Waals surface area contributed by atoms with E-state index in [9.17, 15) is 4.79 Å². The van der Waals surface area contributed by atoms with Gasteiger partial charge in [0.05, 0.1) is 11.9 Å². The number of hydrogen-bond acceptors (Lipinski definition) is 4. The lowest BCUT2D eigenvalue weighted by atomic mass is 9.80. The second kappa shape index (κ2) is 5.79. The molecule has 0 radical (unpaired) electrons. The van der Waals surface area contributed by atoms with Gasteiger partial charge in [-0.2, -0.15) is 0 Å². The van der Waals surface area contributed by atoms with Crippen molar-refractivity contribution in [2.75, 3.05) is 0 Å². The summed E-state index contributed by atoms with van der Waals surface area (Å²) in [6.45, 7) is 0.966. The number of carbonyl (C=O) groups is 1. The van der Waals surface area contributed by atoms with Crippen LogP contribution in [-0.2, 0) is 6.54 Å². The Kier molecular flexibility index (Phi) is 3.49. The third kappa shape index (κ3) is 2.79. The molecule has 0 saturated heterocycles. The molecule has 1 aliphatic carbocycles. The molecule has 3 heterocycles. The molecular formula is C17H17N5O. The number of amides is 1. The average molecular weight is 307 g/mol. The maximum absolute atomic E-state index is 12.5. The fourth-order valence-electron chi connectivity index (χ4n) is 3.16. The first kappa shape index (κ1) is 13.9. The van der Waals surface area contributed by atoms with Crippen LogP contribution in [0.2, 0.25) is 0 Å². The third-order valence-electron chi connectivity index (χ3n) is 4.40. The number of hydrogen-bond donors (Lipinski definition) is 1. The van der Waals surface area contributed by atoms with Gasteiger partial charge in [0.1, 0.15) is 0 Å². The van der Waals surface area contributed by atoms with E-state index in [4.69, 9.17) is 0 Å². The van der Waals surface area contributed by atoms with Crippen LogP contribution < -0.4 is 5.32 Å². The summed E-state index contributed by atoms with van der Waals surface area (Å²) in [6, 6.07) is 2.10. The first-order valence-electron chi connectivity index (χ1n) is 7.74. The zero-order valence-corrected chi connectivity index (χ0v) is 12.6. The Hall–Kier alpha value is -2.76. The molecule has 1 fully saturated rings. The molecule has 1 N–H and O–H groups in total. The molecule has 23 heavy (non-hydrogen) atoms. The SMILES string of the molecule is O=C(NC1CC(Cn2ccnc2)C1)c1cncc2cnccc12. The summed E-state index contributed by atoms with van der Waals surface area (Å²) in [4.78, 5) is 24.8. The topological polar surface area (TPSA) is 72.7 Å². The van der Waals surface area contributed by atoms with Crippen molar-refractivity contribution in [2.45, 2.75) is 25.4 Å². The Morgan fingerprint density at radius 1 is 1.17 bits per heavy atom. The highest BCUT2D eigenvalue weighted by Gasteiger charge is 2.30. The van der Waals surface area contributed by atoms with Crippen molar-refractivity contribution < 1.29 is 4.79 Å². The molecule has 4 rings (SSSR count). The van der Waals surface area contributed by atoms with Crippen LogP contribution in [-0.4, -0.2) is 31.5 Å². The highest BCUT2D eigenvalue weighted by molar-refractivity contribution is 6.06. The van der Waals surface area contributed by atoms with Crippen LogP contribution in [0.3, 0.4) is 0 Å². The van der Waals surface area contributed by atoms with Crippen LogP contribution in [0.15, 0.2) is 49.6 Å². The molecular weight excluding hydrogens is 290 g/mol. The summed E-state index contributed by atoms with van der Waals surface area (Å²) >= 11 is 0. The predicted octanol–water partition coefficient (Wildman–Crippen LogP) is 2.03. The van der Waals surface area contributed by atoms with E-state index >= 15 is 0 Å². The second-order valence-corrected chi connectivity index (χ2v) is 6.05. The molecule has 1 saturated carbocycles. The zero-order chi connectivity index (χ0) is 15.6. The predicted molar refractivity (Wildman–Crippen MR) is 85.7 cm³/mol. The van der Waals surface area contributed by atoms with Gasteiger partial charge in [0.15, 0.2) is 0 Å². The lowest BCUT2D eigenvalue weighted by Gasteiger charge is -2.36. The zero-order valence-electron chi connectivity index (χ0n) is 12.6. The molecule has 3 aromatic heterocycles.